The van der Waals surface area contributed by atoms with E-state index in [4.69, 9.17) is 5.73 Å². The lowest BCUT2D eigenvalue weighted by Gasteiger charge is -2.33. The standard InChI is InChI=1S/C11H15FN2O2S/c1-7-4-9(5-7)14-17(15,16)11-3-2-8(12)6-10(11)13/h2-3,6-7,9,14H,4-5,13H2,1H3. The van der Waals surface area contributed by atoms with E-state index in [1.54, 1.807) is 0 Å². The number of rotatable bonds is 3. The van der Waals surface area contributed by atoms with Crippen LogP contribution < -0.4 is 10.5 Å². The fourth-order valence-electron chi connectivity index (χ4n) is 2.05. The molecule has 6 heteroatoms. The predicted molar refractivity (Wildman–Crippen MR) is 63.3 cm³/mol. The van der Waals surface area contributed by atoms with Crippen molar-refractivity contribution >= 4 is 15.7 Å². The Bertz CT molecular complexity index is 524. The first-order valence-electron chi connectivity index (χ1n) is 5.46. The lowest BCUT2D eigenvalue weighted by Crippen LogP contribution is -2.43. The molecule has 0 spiro atoms. The SMILES string of the molecule is CC1CC(NS(=O)(=O)c2ccc(F)cc2N)C1. The Hall–Kier alpha value is -1.14. The van der Waals surface area contributed by atoms with Gasteiger partial charge in [-0.1, -0.05) is 6.92 Å². The van der Waals surface area contributed by atoms with Gasteiger partial charge in [0.1, 0.15) is 10.7 Å². The lowest BCUT2D eigenvalue weighted by atomic mass is 9.83. The molecular weight excluding hydrogens is 243 g/mol. The highest BCUT2D eigenvalue weighted by atomic mass is 32.2. The molecule has 1 aromatic rings. The second-order valence-electron chi connectivity index (χ2n) is 4.58. The average molecular weight is 258 g/mol. The van der Waals surface area contributed by atoms with Crippen LogP contribution in [0.1, 0.15) is 19.8 Å². The van der Waals surface area contributed by atoms with Crippen molar-refractivity contribution in [3.05, 3.63) is 24.0 Å². The number of nitrogens with one attached hydrogen (secondary N) is 1. The zero-order valence-electron chi connectivity index (χ0n) is 9.48. The highest BCUT2D eigenvalue weighted by Crippen LogP contribution is 2.28. The summed E-state index contributed by atoms with van der Waals surface area (Å²) in [6.45, 7) is 2.07. The molecule has 94 valence electrons. The third kappa shape index (κ3) is 2.58. The molecule has 0 heterocycles. The van der Waals surface area contributed by atoms with E-state index in [-0.39, 0.29) is 16.6 Å². The van der Waals surface area contributed by atoms with E-state index in [0.29, 0.717) is 5.92 Å². The van der Waals surface area contributed by atoms with E-state index in [9.17, 15) is 12.8 Å². The van der Waals surface area contributed by atoms with Crippen LogP contribution in [0.4, 0.5) is 10.1 Å². The Morgan fingerprint density at radius 3 is 2.59 bits per heavy atom. The van der Waals surface area contributed by atoms with Gasteiger partial charge in [-0.3, -0.25) is 0 Å². The molecule has 3 N–H and O–H groups in total. The van der Waals surface area contributed by atoms with Crippen molar-refractivity contribution in [1.82, 2.24) is 4.72 Å². The minimum atomic E-state index is -3.63. The molecule has 0 unspecified atom stereocenters. The molecule has 0 bridgehead atoms. The number of halogens is 1. The number of nitrogens with two attached hydrogens (primary N) is 1. The summed E-state index contributed by atoms with van der Waals surface area (Å²) in [5.41, 5.74) is 5.45. The summed E-state index contributed by atoms with van der Waals surface area (Å²) in [5.74, 6) is 0.00646. The monoisotopic (exact) mass is 258 g/mol. The first-order valence-corrected chi connectivity index (χ1v) is 6.94. The third-order valence-corrected chi connectivity index (χ3v) is 4.55. The molecule has 0 amide bonds. The summed E-state index contributed by atoms with van der Waals surface area (Å²) in [6.07, 6.45) is 1.67. The molecule has 0 aromatic heterocycles. The van der Waals surface area contributed by atoms with E-state index in [2.05, 4.69) is 11.6 Å². The van der Waals surface area contributed by atoms with Gasteiger partial charge in [-0.15, -0.1) is 0 Å². The predicted octanol–water partition coefficient (Wildman–Crippen LogP) is 1.48. The number of nitrogen functional groups attached to an aromatic ring is 1. The maximum Gasteiger partial charge on any atom is 0.242 e. The Balaban J connectivity index is 2.20. The van der Waals surface area contributed by atoms with Crippen LogP contribution in [-0.2, 0) is 10.0 Å². The highest BCUT2D eigenvalue weighted by molar-refractivity contribution is 7.89. The van der Waals surface area contributed by atoms with Crippen molar-refractivity contribution in [2.24, 2.45) is 5.92 Å². The molecule has 0 saturated heterocycles. The number of anilines is 1. The molecule has 17 heavy (non-hydrogen) atoms. The number of benzene rings is 1. The number of hydrogen-bond donors (Lipinski definition) is 2. The van der Waals surface area contributed by atoms with Gasteiger partial charge in [-0.2, -0.15) is 0 Å². The minimum absolute atomic E-state index is 0.0283. The van der Waals surface area contributed by atoms with Gasteiger partial charge in [0.05, 0.1) is 5.69 Å². The average Bonchev–Trinajstić information content (AvgIpc) is 2.14. The number of hydrogen-bond acceptors (Lipinski definition) is 3. The molecular formula is C11H15FN2O2S. The summed E-state index contributed by atoms with van der Waals surface area (Å²) in [6, 6.07) is 3.26. The molecule has 0 aliphatic heterocycles. The fraction of sp³-hybridized carbons (Fsp3) is 0.455. The first kappa shape index (κ1) is 12.3. The highest BCUT2D eigenvalue weighted by Gasteiger charge is 2.30. The summed E-state index contributed by atoms with van der Waals surface area (Å²) in [7, 11) is -3.63. The van der Waals surface area contributed by atoms with Crippen molar-refractivity contribution in [2.75, 3.05) is 5.73 Å². The molecule has 1 saturated carbocycles. The van der Waals surface area contributed by atoms with E-state index in [0.717, 1.165) is 25.0 Å². The molecule has 1 aliphatic carbocycles. The van der Waals surface area contributed by atoms with Gasteiger partial charge < -0.3 is 5.73 Å². The lowest BCUT2D eigenvalue weighted by molar-refractivity contribution is 0.270. The van der Waals surface area contributed by atoms with Crippen LogP contribution in [0.5, 0.6) is 0 Å². The van der Waals surface area contributed by atoms with E-state index < -0.39 is 15.8 Å². The summed E-state index contributed by atoms with van der Waals surface area (Å²) >= 11 is 0. The van der Waals surface area contributed by atoms with Crippen molar-refractivity contribution in [3.63, 3.8) is 0 Å². The van der Waals surface area contributed by atoms with Crippen LogP contribution in [0, 0.1) is 11.7 Å². The molecule has 1 aliphatic rings. The van der Waals surface area contributed by atoms with E-state index in [1.807, 2.05) is 0 Å². The van der Waals surface area contributed by atoms with Crippen LogP contribution in [0.3, 0.4) is 0 Å². The summed E-state index contributed by atoms with van der Waals surface area (Å²) < 4.78 is 39.3. The van der Waals surface area contributed by atoms with E-state index >= 15 is 0 Å². The second kappa shape index (κ2) is 4.27. The maximum atomic E-state index is 12.8. The molecule has 4 nitrogen and oxygen atoms in total. The minimum Gasteiger partial charge on any atom is -0.398 e. The van der Waals surface area contributed by atoms with Crippen molar-refractivity contribution in [2.45, 2.75) is 30.7 Å². The summed E-state index contributed by atoms with van der Waals surface area (Å²) in [4.78, 5) is -0.0570. The van der Waals surface area contributed by atoms with Gasteiger partial charge in [0.2, 0.25) is 10.0 Å². The van der Waals surface area contributed by atoms with Crippen molar-refractivity contribution in [1.29, 1.82) is 0 Å². The Morgan fingerprint density at radius 2 is 2.06 bits per heavy atom. The molecule has 0 atom stereocenters. The third-order valence-electron chi connectivity index (χ3n) is 2.96. The topological polar surface area (TPSA) is 72.2 Å². The molecule has 0 radical (unpaired) electrons. The van der Waals surface area contributed by atoms with Gasteiger partial charge in [-0.05, 0) is 37.0 Å². The first-order chi connectivity index (χ1) is 7.88. The summed E-state index contributed by atoms with van der Waals surface area (Å²) in [5, 5.41) is 0. The molecule has 1 aromatic carbocycles. The van der Waals surface area contributed by atoms with Gasteiger partial charge >= 0.3 is 0 Å². The number of sulfonamides is 1. The van der Waals surface area contributed by atoms with Crippen LogP contribution in [-0.4, -0.2) is 14.5 Å². The van der Waals surface area contributed by atoms with Gasteiger partial charge in [-0.25, -0.2) is 17.5 Å². The smallest absolute Gasteiger partial charge is 0.242 e. The second-order valence-corrected chi connectivity index (χ2v) is 6.26. The van der Waals surface area contributed by atoms with Gasteiger partial charge in [0, 0.05) is 6.04 Å². The largest absolute Gasteiger partial charge is 0.398 e. The van der Waals surface area contributed by atoms with Crippen molar-refractivity contribution < 1.29 is 12.8 Å². The van der Waals surface area contributed by atoms with Crippen molar-refractivity contribution in [3.8, 4) is 0 Å². The molecule has 2 rings (SSSR count). The zero-order valence-corrected chi connectivity index (χ0v) is 10.3. The van der Waals surface area contributed by atoms with Gasteiger partial charge in [0.25, 0.3) is 0 Å². The maximum absolute atomic E-state index is 12.8. The van der Waals surface area contributed by atoms with Crippen LogP contribution in [0.2, 0.25) is 0 Å². The quantitative estimate of drug-likeness (QED) is 0.807. The van der Waals surface area contributed by atoms with Crippen LogP contribution in [0.15, 0.2) is 23.1 Å². The van der Waals surface area contributed by atoms with Gasteiger partial charge in [0.15, 0.2) is 0 Å². The fourth-order valence-corrected chi connectivity index (χ4v) is 3.42. The molecule has 1 fully saturated rings. The Labute approximate surface area is 100 Å². The normalized spacial score (nSPS) is 24.4. The van der Waals surface area contributed by atoms with Crippen LogP contribution in [0.25, 0.3) is 0 Å². The zero-order chi connectivity index (χ0) is 12.6. The Morgan fingerprint density at radius 1 is 1.41 bits per heavy atom. The van der Waals surface area contributed by atoms with E-state index in [1.165, 1.54) is 6.07 Å². The Kier molecular flexibility index (Phi) is 3.09. The van der Waals surface area contributed by atoms with Crippen LogP contribution >= 0.6 is 0 Å².